The van der Waals surface area contributed by atoms with Crippen LogP contribution < -0.4 is 15.4 Å². The molecule has 0 bridgehead atoms. The number of anilines is 1. The summed E-state index contributed by atoms with van der Waals surface area (Å²) >= 11 is 6.30. The zero-order valence-corrected chi connectivity index (χ0v) is 15.2. The Labute approximate surface area is 153 Å². The molecular weight excluding hydrogens is 338 g/mol. The molecule has 5 nitrogen and oxygen atoms in total. The van der Waals surface area contributed by atoms with Gasteiger partial charge in [-0.1, -0.05) is 0 Å². The van der Waals surface area contributed by atoms with Gasteiger partial charge in [0, 0.05) is 29.7 Å². The minimum absolute atomic E-state index is 0.0607. The number of fused-ring (bicyclic) bond motifs is 1. The number of hydrogen-bond donors (Lipinski definition) is 2. The second-order valence-electron chi connectivity index (χ2n) is 6.85. The molecule has 25 heavy (non-hydrogen) atoms. The molecule has 0 radical (unpaired) electrons. The van der Waals surface area contributed by atoms with Gasteiger partial charge in [-0.2, -0.15) is 5.26 Å². The van der Waals surface area contributed by atoms with E-state index in [1.165, 1.54) is 0 Å². The van der Waals surface area contributed by atoms with E-state index in [2.05, 4.69) is 16.7 Å². The number of rotatable bonds is 5. The third-order valence-electron chi connectivity index (χ3n) is 5.16. The van der Waals surface area contributed by atoms with E-state index >= 15 is 0 Å². The first kappa shape index (κ1) is 17.9. The van der Waals surface area contributed by atoms with Crippen LogP contribution >= 0.6 is 11.6 Å². The van der Waals surface area contributed by atoms with Crippen LogP contribution in [-0.4, -0.2) is 30.5 Å². The van der Waals surface area contributed by atoms with Gasteiger partial charge in [-0.05, 0) is 50.7 Å². The number of nitriles is 1. The van der Waals surface area contributed by atoms with Crippen LogP contribution in [0.2, 0.25) is 0 Å². The Morgan fingerprint density at radius 2 is 2.24 bits per heavy atom. The fourth-order valence-corrected chi connectivity index (χ4v) is 4.20. The summed E-state index contributed by atoms with van der Waals surface area (Å²) in [7, 11) is 0. The van der Waals surface area contributed by atoms with Crippen molar-refractivity contribution in [2.75, 3.05) is 18.5 Å². The molecule has 2 fully saturated rings. The van der Waals surface area contributed by atoms with Gasteiger partial charge in [0.1, 0.15) is 11.8 Å². The average Bonchev–Trinajstić information content (AvgIpc) is 2.61. The van der Waals surface area contributed by atoms with Crippen molar-refractivity contribution in [3.63, 3.8) is 0 Å². The van der Waals surface area contributed by atoms with Crippen molar-refractivity contribution in [2.24, 2.45) is 11.8 Å². The molecule has 134 valence electrons. The van der Waals surface area contributed by atoms with Crippen LogP contribution in [0.1, 0.15) is 38.2 Å². The number of benzene rings is 1. The van der Waals surface area contributed by atoms with Crippen LogP contribution in [0.15, 0.2) is 18.2 Å². The summed E-state index contributed by atoms with van der Waals surface area (Å²) in [5, 5.41) is 15.8. The van der Waals surface area contributed by atoms with Crippen LogP contribution in [-0.2, 0) is 4.79 Å². The molecule has 1 heterocycles. The summed E-state index contributed by atoms with van der Waals surface area (Å²) in [5.74, 6) is 1.11. The number of amides is 1. The quantitative estimate of drug-likeness (QED) is 0.789. The molecule has 1 amide bonds. The van der Waals surface area contributed by atoms with E-state index in [0.717, 1.165) is 31.4 Å². The number of piperidine rings is 1. The number of carbonyl (C=O) groups excluding carboxylic acids is 1. The van der Waals surface area contributed by atoms with E-state index < -0.39 is 0 Å². The predicted molar refractivity (Wildman–Crippen MR) is 97.8 cm³/mol. The Balaban J connectivity index is 1.62. The van der Waals surface area contributed by atoms with E-state index in [4.69, 9.17) is 21.6 Å². The zero-order chi connectivity index (χ0) is 17.8. The van der Waals surface area contributed by atoms with Gasteiger partial charge in [0.05, 0.1) is 18.1 Å². The van der Waals surface area contributed by atoms with Gasteiger partial charge in [-0.25, -0.2) is 0 Å². The van der Waals surface area contributed by atoms with Crippen molar-refractivity contribution < 1.29 is 9.53 Å². The maximum atomic E-state index is 12.4. The lowest BCUT2D eigenvalue weighted by Gasteiger charge is -2.41. The molecule has 1 aromatic rings. The molecule has 1 aliphatic carbocycles. The first-order valence-corrected chi connectivity index (χ1v) is 9.39. The molecular formula is C19H24ClN3O2. The first-order valence-electron chi connectivity index (χ1n) is 8.96. The Morgan fingerprint density at radius 1 is 1.40 bits per heavy atom. The third kappa shape index (κ3) is 4.19. The monoisotopic (exact) mass is 361 g/mol. The molecule has 2 aliphatic rings. The fraction of sp³-hybridized carbons (Fsp3) is 0.579. The Kier molecular flexibility index (Phi) is 5.70. The van der Waals surface area contributed by atoms with E-state index in [-0.39, 0.29) is 17.2 Å². The van der Waals surface area contributed by atoms with Crippen LogP contribution in [0.4, 0.5) is 5.69 Å². The third-order valence-corrected chi connectivity index (χ3v) is 5.56. The Hall–Kier alpha value is -1.93. The molecule has 1 aromatic carbocycles. The van der Waals surface area contributed by atoms with Gasteiger partial charge >= 0.3 is 0 Å². The summed E-state index contributed by atoms with van der Waals surface area (Å²) in [6.45, 7) is 2.96. The minimum Gasteiger partial charge on any atom is -0.492 e. The van der Waals surface area contributed by atoms with E-state index in [1.54, 1.807) is 6.07 Å². The van der Waals surface area contributed by atoms with Crippen LogP contribution in [0.5, 0.6) is 5.75 Å². The molecule has 1 aliphatic heterocycles. The largest absolute Gasteiger partial charge is 0.492 e. The number of hydrogen-bond acceptors (Lipinski definition) is 4. The maximum absolute atomic E-state index is 12.4. The van der Waals surface area contributed by atoms with Crippen molar-refractivity contribution in [3.05, 3.63) is 23.8 Å². The van der Waals surface area contributed by atoms with Gasteiger partial charge in [-0.15, -0.1) is 11.6 Å². The highest BCUT2D eigenvalue weighted by Gasteiger charge is 2.38. The Bertz CT molecular complexity index is 673. The summed E-state index contributed by atoms with van der Waals surface area (Å²) in [6, 6.07) is 7.82. The van der Waals surface area contributed by atoms with Crippen LogP contribution in [0.25, 0.3) is 0 Å². The van der Waals surface area contributed by atoms with Crippen LogP contribution in [0.3, 0.4) is 0 Å². The highest BCUT2D eigenvalue weighted by Crippen LogP contribution is 2.35. The highest BCUT2D eigenvalue weighted by atomic mass is 35.5. The minimum atomic E-state index is -0.0607. The van der Waals surface area contributed by atoms with E-state index in [9.17, 15) is 4.79 Å². The topological polar surface area (TPSA) is 74.2 Å². The lowest BCUT2D eigenvalue weighted by Crippen LogP contribution is -2.53. The number of ether oxygens (including phenoxy) is 1. The summed E-state index contributed by atoms with van der Waals surface area (Å²) in [4.78, 5) is 12.4. The van der Waals surface area contributed by atoms with Gasteiger partial charge in [0.15, 0.2) is 0 Å². The lowest BCUT2D eigenvalue weighted by atomic mass is 9.75. The first-order chi connectivity index (χ1) is 12.1. The van der Waals surface area contributed by atoms with Gasteiger partial charge in [0.2, 0.25) is 5.91 Å². The summed E-state index contributed by atoms with van der Waals surface area (Å²) in [5.41, 5.74) is 1.37. The average molecular weight is 362 g/mol. The zero-order valence-electron chi connectivity index (χ0n) is 14.4. The van der Waals surface area contributed by atoms with E-state index in [0.29, 0.717) is 36.4 Å². The molecule has 4 unspecified atom stereocenters. The molecule has 1 saturated carbocycles. The second kappa shape index (κ2) is 7.97. The van der Waals surface area contributed by atoms with Crippen LogP contribution in [0, 0.1) is 23.2 Å². The predicted octanol–water partition coefficient (Wildman–Crippen LogP) is 3.28. The van der Waals surface area contributed by atoms with Crippen molar-refractivity contribution in [1.29, 1.82) is 5.26 Å². The number of carbonyl (C=O) groups is 1. The molecule has 6 heteroatoms. The number of alkyl halides is 1. The molecule has 1 saturated heterocycles. The van der Waals surface area contributed by atoms with E-state index in [1.807, 2.05) is 19.1 Å². The number of halogens is 1. The van der Waals surface area contributed by atoms with Gasteiger partial charge in [0.25, 0.3) is 0 Å². The summed E-state index contributed by atoms with van der Waals surface area (Å²) in [6.07, 6.45) is 3.82. The molecule has 0 aromatic heterocycles. The molecule has 3 rings (SSSR count). The van der Waals surface area contributed by atoms with Gasteiger partial charge < -0.3 is 15.4 Å². The smallest absolute Gasteiger partial charge is 0.225 e. The SMILES string of the molecule is CCOc1cc(NCC2CC3CC(Cl)CCC3NC2=O)ccc1C#N. The molecule has 4 atom stereocenters. The Morgan fingerprint density at radius 3 is 3.00 bits per heavy atom. The lowest BCUT2D eigenvalue weighted by molar-refractivity contribution is -0.129. The normalized spacial score (nSPS) is 28.4. The number of nitrogens with one attached hydrogen (secondary N) is 2. The molecule has 0 spiro atoms. The van der Waals surface area contributed by atoms with Gasteiger partial charge in [-0.3, -0.25) is 4.79 Å². The van der Waals surface area contributed by atoms with Crippen molar-refractivity contribution in [1.82, 2.24) is 5.32 Å². The van der Waals surface area contributed by atoms with Crippen molar-refractivity contribution in [2.45, 2.75) is 44.0 Å². The summed E-state index contributed by atoms with van der Waals surface area (Å²) < 4.78 is 5.51. The standard InChI is InChI=1S/C19H24ClN3O2/c1-2-25-18-9-16(5-3-12(18)10-21)22-11-14-7-13-8-15(20)4-6-17(13)23-19(14)24/h3,5,9,13-15,17,22H,2,4,6-8,11H2,1H3,(H,23,24). The number of nitrogens with zero attached hydrogens (tertiary/aromatic N) is 1. The highest BCUT2D eigenvalue weighted by molar-refractivity contribution is 6.20. The fourth-order valence-electron chi connectivity index (χ4n) is 3.85. The van der Waals surface area contributed by atoms with Crippen molar-refractivity contribution in [3.8, 4) is 11.8 Å². The maximum Gasteiger partial charge on any atom is 0.225 e. The second-order valence-corrected chi connectivity index (χ2v) is 7.47. The molecule has 2 N–H and O–H groups in total. The van der Waals surface area contributed by atoms with Crippen molar-refractivity contribution >= 4 is 23.2 Å².